The molecule has 168 valence electrons. The minimum Gasteiger partial charge on any atom is -0.444 e. The quantitative estimate of drug-likeness (QED) is 0.297. The van der Waals surface area contributed by atoms with Gasteiger partial charge in [0.1, 0.15) is 12.1 Å². The summed E-state index contributed by atoms with van der Waals surface area (Å²) in [6, 6.07) is 0.491. The summed E-state index contributed by atoms with van der Waals surface area (Å²) in [6.07, 6.45) is 2.69. The molecule has 1 aliphatic heterocycles. The van der Waals surface area contributed by atoms with Crippen LogP contribution in [0.2, 0.25) is 0 Å². The summed E-state index contributed by atoms with van der Waals surface area (Å²) in [7, 11) is 3.44. The van der Waals surface area contributed by atoms with Crippen LogP contribution in [0.5, 0.6) is 0 Å². The Bertz CT molecular complexity index is 545. The third-order valence-corrected chi connectivity index (χ3v) is 4.60. The summed E-state index contributed by atoms with van der Waals surface area (Å²) >= 11 is 0. The number of aliphatic imine (C=N–C) groups is 1. The van der Waals surface area contributed by atoms with Crippen molar-refractivity contribution >= 4 is 18.0 Å². The van der Waals surface area contributed by atoms with Gasteiger partial charge in [-0.3, -0.25) is 9.69 Å². The number of ether oxygens (including phenoxy) is 1. The summed E-state index contributed by atoms with van der Waals surface area (Å²) in [5.74, 6) is 0.578. The summed E-state index contributed by atoms with van der Waals surface area (Å²) in [5.41, 5.74) is -0.502. The molecular formula is C20H40N6O3. The van der Waals surface area contributed by atoms with E-state index in [2.05, 4.69) is 32.8 Å². The fourth-order valence-corrected chi connectivity index (χ4v) is 3.02. The van der Waals surface area contributed by atoms with Gasteiger partial charge in [-0.15, -0.1) is 0 Å². The molecule has 0 spiro atoms. The number of nitrogens with one attached hydrogen (secondary N) is 3. The lowest BCUT2D eigenvalue weighted by molar-refractivity contribution is -0.127. The third-order valence-electron chi connectivity index (χ3n) is 4.60. The monoisotopic (exact) mass is 412 g/mol. The van der Waals surface area contributed by atoms with Crippen LogP contribution in [0, 0.1) is 0 Å². The molecule has 1 fully saturated rings. The Labute approximate surface area is 175 Å². The van der Waals surface area contributed by atoms with Crippen molar-refractivity contribution in [2.75, 3.05) is 53.4 Å². The van der Waals surface area contributed by atoms with Crippen molar-refractivity contribution in [1.29, 1.82) is 0 Å². The summed E-state index contributed by atoms with van der Waals surface area (Å²) in [6.45, 7) is 11.9. The van der Waals surface area contributed by atoms with E-state index in [4.69, 9.17) is 4.74 Å². The van der Waals surface area contributed by atoms with E-state index in [1.807, 2.05) is 20.8 Å². The van der Waals surface area contributed by atoms with Gasteiger partial charge in [0.05, 0.1) is 0 Å². The van der Waals surface area contributed by atoms with Crippen LogP contribution in [0.25, 0.3) is 0 Å². The molecule has 9 nitrogen and oxygen atoms in total. The first-order valence-electron chi connectivity index (χ1n) is 10.6. The van der Waals surface area contributed by atoms with Gasteiger partial charge in [0.15, 0.2) is 5.96 Å². The second-order valence-electron chi connectivity index (χ2n) is 8.47. The van der Waals surface area contributed by atoms with Crippen LogP contribution in [-0.2, 0) is 9.53 Å². The molecule has 0 radical (unpaired) electrons. The molecule has 29 heavy (non-hydrogen) atoms. The van der Waals surface area contributed by atoms with E-state index in [1.54, 1.807) is 14.1 Å². The number of hydrogen-bond donors (Lipinski definition) is 3. The maximum absolute atomic E-state index is 11.9. The molecule has 0 aliphatic carbocycles. The fraction of sp³-hybridized carbons (Fsp3) is 0.850. The van der Waals surface area contributed by atoms with E-state index in [0.29, 0.717) is 31.5 Å². The third kappa shape index (κ3) is 10.9. The van der Waals surface area contributed by atoms with Crippen LogP contribution in [0.4, 0.5) is 4.79 Å². The average molecular weight is 413 g/mol. The topological polar surface area (TPSA) is 98.3 Å². The number of hydrogen-bond acceptors (Lipinski definition) is 5. The molecule has 1 heterocycles. The van der Waals surface area contributed by atoms with Gasteiger partial charge < -0.3 is 25.6 Å². The number of nitrogens with zero attached hydrogens (tertiary/aromatic N) is 3. The highest BCUT2D eigenvalue weighted by atomic mass is 16.6. The van der Waals surface area contributed by atoms with Gasteiger partial charge in [0.25, 0.3) is 0 Å². The number of likely N-dealkylation sites (N-methyl/N-ethyl adjacent to an activating group) is 2. The predicted molar refractivity (Wildman–Crippen MR) is 116 cm³/mol. The van der Waals surface area contributed by atoms with E-state index < -0.39 is 11.7 Å². The Balaban J connectivity index is 2.44. The fourth-order valence-electron chi connectivity index (χ4n) is 3.02. The Morgan fingerprint density at radius 3 is 2.48 bits per heavy atom. The molecule has 1 atom stereocenters. The number of carbonyl (C=O) groups excluding carboxylic acids is 2. The van der Waals surface area contributed by atoms with Crippen LogP contribution < -0.4 is 16.0 Å². The van der Waals surface area contributed by atoms with Gasteiger partial charge in [0.2, 0.25) is 5.91 Å². The van der Waals surface area contributed by atoms with Gasteiger partial charge >= 0.3 is 6.09 Å². The number of alkyl carbamates (subject to hydrolysis) is 1. The molecule has 0 aromatic heterocycles. The molecule has 0 aromatic rings. The first kappa shape index (κ1) is 25.0. The van der Waals surface area contributed by atoms with Crippen LogP contribution in [0.3, 0.4) is 0 Å². The van der Waals surface area contributed by atoms with Gasteiger partial charge in [0, 0.05) is 39.8 Å². The Morgan fingerprint density at radius 1 is 1.17 bits per heavy atom. The Morgan fingerprint density at radius 2 is 1.86 bits per heavy atom. The second kappa shape index (κ2) is 12.5. The van der Waals surface area contributed by atoms with E-state index in [0.717, 1.165) is 19.6 Å². The van der Waals surface area contributed by atoms with Gasteiger partial charge in [-0.25, -0.2) is 9.79 Å². The van der Waals surface area contributed by atoms with E-state index in [9.17, 15) is 9.59 Å². The van der Waals surface area contributed by atoms with Crippen LogP contribution in [0.15, 0.2) is 4.99 Å². The van der Waals surface area contributed by atoms with Crippen molar-refractivity contribution in [3.05, 3.63) is 0 Å². The maximum Gasteiger partial charge on any atom is 0.407 e. The predicted octanol–water partition coefficient (Wildman–Crippen LogP) is 1.01. The second-order valence-corrected chi connectivity index (χ2v) is 8.47. The molecule has 9 heteroatoms. The van der Waals surface area contributed by atoms with Crippen molar-refractivity contribution in [1.82, 2.24) is 25.8 Å². The molecule has 0 saturated carbocycles. The molecular weight excluding hydrogens is 372 g/mol. The normalized spacial score (nSPS) is 17.7. The zero-order valence-corrected chi connectivity index (χ0v) is 19.0. The van der Waals surface area contributed by atoms with Crippen molar-refractivity contribution in [3.63, 3.8) is 0 Å². The summed E-state index contributed by atoms with van der Waals surface area (Å²) in [5, 5.41) is 9.36. The number of amides is 2. The number of carbonyl (C=O) groups is 2. The van der Waals surface area contributed by atoms with Crippen LogP contribution in [-0.4, -0.2) is 92.8 Å². The zero-order chi connectivity index (χ0) is 21.9. The summed E-state index contributed by atoms with van der Waals surface area (Å²) < 4.78 is 5.22. The average Bonchev–Trinajstić information content (AvgIpc) is 3.08. The smallest absolute Gasteiger partial charge is 0.407 e. The molecule has 1 aliphatic rings. The van der Waals surface area contributed by atoms with E-state index in [1.165, 1.54) is 17.7 Å². The van der Waals surface area contributed by atoms with Crippen molar-refractivity contribution in [2.24, 2.45) is 4.99 Å². The SMILES string of the molecule is CCN1CCCC1CNC(=NCC(=O)N(C)C)NCCCNC(=O)OC(C)(C)C. The van der Waals surface area contributed by atoms with Crippen LogP contribution in [0.1, 0.15) is 47.0 Å². The van der Waals surface area contributed by atoms with Gasteiger partial charge in [-0.1, -0.05) is 6.92 Å². The van der Waals surface area contributed by atoms with E-state index >= 15 is 0 Å². The van der Waals surface area contributed by atoms with Gasteiger partial charge in [-0.05, 0) is 53.1 Å². The largest absolute Gasteiger partial charge is 0.444 e. The van der Waals surface area contributed by atoms with Crippen LogP contribution >= 0.6 is 0 Å². The van der Waals surface area contributed by atoms with E-state index in [-0.39, 0.29) is 12.5 Å². The molecule has 2 amide bonds. The highest BCUT2D eigenvalue weighted by molar-refractivity contribution is 5.84. The Kier molecular flexibility index (Phi) is 10.8. The lowest BCUT2D eigenvalue weighted by atomic mass is 10.2. The number of guanidine groups is 1. The highest BCUT2D eigenvalue weighted by Crippen LogP contribution is 2.15. The Hall–Kier alpha value is -2.03. The lowest BCUT2D eigenvalue weighted by Crippen LogP contribution is -2.45. The van der Waals surface area contributed by atoms with Gasteiger partial charge in [-0.2, -0.15) is 0 Å². The molecule has 3 N–H and O–H groups in total. The summed E-state index contributed by atoms with van der Waals surface area (Å²) in [4.78, 5) is 31.9. The van der Waals surface area contributed by atoms with Crippen molar-refractivity contribution < 1.29 is 14.3 Å². The molecule has 0 bridgehead atoms. The minimum atomic E-state index is -0.502. The number of rotatable bonds is 9. The van der Waals surface area contributed by atoms with Crippen molar-refractivity contribution in [3.8, 4) is 0 Å². The standard InChI is InChI=1S/C20H40N6O3/c1-7-26-13-8-10-16(26)14-23-18(24-15-17(27)25(5)6)21-11-9-12-22-19(28)29-20(2,3)4/h16H,7-15H2,1-6H3,(H,22,28)(H2,21,23,24). The first-order valence-corrected chi connectivity index (χ1v) is 10.6. The zero-order valence-electron chi connectivity index (χ0n) is 19.0. The molecule has 1 rings (SSSR count). The minimum absolute atomic E-state index is 0.0475. The molecule has 1 unspecified atom stereocenters. The lowest BCUT2D eigenvalue weighted by Gasteiger charge is -2.24. The van der Waals surface area contributed by atoms with Crippen molar-refractivity contribution in [2.45, 2.75) is 58.6 Å². The molecule has 0 aromatic carbocycles. The number of likely N-dealkylation sites (tertiary alicyclic amines) is 1. The highest BCUT2D eigenvalue weighted by Gasteiger charge is 2.22. The molecule has 1 saturated heterocycles. The first-order chi connectivity index (χ1) is 13.6. The maximum atomic E-state index is 11.9.